The molecule has 2 aliphatic rings. The SMILES string of the molecule is CN1C[C@@H]2C[C@H]1CN2c1ncc(C(=O)NO)cn1. The van der Waals surface area contributed by atoms with E-state index in [0.717, 1.165) is 19.5 Å². The molecular formula is C11H15N5O2. The molecule has 2 fully saturated rings. The molecule has 1 amide bonds. The first kappa shape index (κ1) is 11.4. The Kier molecular flexibility index (Phi) is 2.64. The maximum Gasteiger partial charge on any atom is 0.277 e. The van der Waals surface area contributed by atoms with E-state index in [0.29, 0.717) is 18.0 Å². The Morgan fingerprint density at radius 3 is 2.61 bits per heavy atom. The summed E-state index contributed by atoms with van der Waals surface area (Å²) >= 11 is 0. The Labute approximate surface area is 104 Å². The van der Waals surface area contributed by atoms with Gasteiger partial charge < -0.3 is 4.90 Å². The van der Waals surface area contributed by atoms with E-state index in [-0.39, 0.29) is 5.56 Å². The van der Waals surface area contributed by atoms with E-state index in [9.17, 15) is 4.79 Å². The van der Waals surface area contributed by atoms with Crippen LogP contribution in [0, 0.1) is 0 Å². The van der Waals surface area contributed by atoms with Gasteiger partial charge in [0, 0.05) is 37.6 Å². The van der Waals surface area contributed by atoms with E-state index in [2.05, 4.69) is 26.8 Å². The number of nitrogens with one attached hydrogen (secondary N) is 1. The molecule has 2 saturated heterocycles. The number of piperazine rings is 1. The van der Waals surface area contributed by atoms with Gasteiger partial charge in [-0.2, -0.15) is 0 Å². The number of hydrogen-bond donors (Lipinski definition) is 2. The van der Waals surface area contributed by atoms with Crippen molar-refractivity contribution in [1.82, 2.24) is 20.3 Å². The minimum atomic E-state index is -0.593. The first-order chi connectivity index (χ1) is 8.69. The van der Waals surface area contributed by atoms with Gasteiger partial charge in [-0.05, 0) is 13.5 Å². The second-order valence-corrected chi connectivity index (χ2v) is 4.85. The molecule has 2 atom stereocenters. The summed E-state index contributed by atoms with van der Waals surface area (Å²) in [6.45, 7) is 1.97. The zero-order valence-electron chi connectivity index (χ0n) is 10.1. The van der Waals surface area contributed by atoms with Gasteiger partial charge in [-0.1, -0.05) is 0 Å². The Hall–Kier alpha value is -1.73. The van der Waals surface area contributed by atoms with Gasteiger partial charge in [-0.25, -0.2) is 15.4 Å². The van der Waals surface area contributed by atoms with Crippen LogP contribution in [-0.4, -0.2) is 58.2 Å². The number of carbonyl (C=O) groups is 1. The van der Waals surface area contributed by atoms with Crippen molar-refractivity contribution < 1.29 is 10.0 Å². The zero-order chi connectivity index (χ0) is 12.7. The molecule has 0 radical (unpaired) electrons. The highest BCUT2D eigenvalue weighted by Crippen LogP contribution is 2.31. The van der Waals surface area contributed by atoms with Gasteiger partial charge >= 0.3 is 0 Å². The van der Waals surface area contributed by atoms with Gasteiger partial charge in [0.05, 0.1) is 5.56 Å². The number of carbonyl (C=O) groups excluding carboxylic acids is 1. The topological polar surface area (TPSA) is 81.6 Å². The molecule has 0 spiro atoms. The number of aromatic nitrogens is 2. The summed E-state index contributed by atoms with van der Waals surface area (Å²) in [5.41, 5.74) is 1.82. The molecule has 1 aromatic heterocycles. The molecule has 0 saturated carbocycles. The predicted octanol–water partition coefficient (Wildman–Crippen LogP) is -0.512. The Bertz CT molecular complexity index is 461. The van der Waals surface area contributed by atoms with Gasteiger partial charge in [-0.15, -0.1) is 0 Å². The van der Waals surface area contributed by atoms with Crippen LogP contribution in [0.15, 0.2) is 12.4 Å². The number of hydrogen-bond acceptors (Lipinski definition) is 6. The zero-order valence-corrected chi connectivity index (χ0v) is 10.1. The monoisotopic (exact) mass is 249 g/mol. The van der Waals surface area contributed by atoms with Crippen LogP contribution in [0.1, 0.15) is 16.8 Å². The van der Waals surface area contributed by atoms with Gasteiger partial charge in [0.1, 0.15) is 0 Å². The van der Waals surface area contributed by atoms with E-state index >= 15 is 0 Å². The average Bonchev–Trinajstić information content (AvgIpc) is 2.97. The normalized spacial score (nSPS) is 26.7. The molecule has 96 valence electrons. The van der Waals surface area contributed by atoms with Crippen LogP contribution in [0.3, 0.4) is 0 Å². The van der Waals surface area contributed by atoms with Gasteiger partial charge in [0.15, 0.2) is 0 Å². The van der Waals surface area contributed by atoms with Crippen LogP contribution < -0.4 is 10.4 Å². The third-order valence-electron chi connectivity index (χ3n) is 3.77. The third-order valence-corrected chi connectivity index (χ3v) is 3.77. The number of hydroxylamine groups is 1. The number of anilines is 1. The minimum absolute atomic E-state index is 0.253. The number of fused-ring (bicyclic) bond motifs is 2. The molecule has 18 heavy (non-hydrogen) atoms. The number of amides is 1. The summed E-state index contributed by atoms with van der Waals surface area (Å²) in [6, 6.07) is 1.05. The first-order valence-electron chi connectivity index (χ1n) is 5.92. The van der Waals surface area contributed by atoms with E-state index in [1.807, 2.05) is 0 Å². The van der Waals surface area contributed by atoms with Crippen LogP contribution in [0.25, 0.3) is 0 Å². The minimum Gasteiger partial charge on any atom is -0.335 e. The molecule has 2 bridgehead atoms. The van der Waals surface area contributed by atoms with Gasteiger partial charge in [-0.3, -0.25) is 14.9 Å². The standard InChI is InChI=1S/C11H15N5O2/c1-15-5-9-2-8(15)6-16(9)11-12-3-7(4-13-11)10(17)14-18/h3-4,8-9,18H,2,5-6H2,1H3,(H,14,17)/t8-,9-/m0/s1. The molecule has 0 aromatic carbocycles. The van der Waals surface area contributed by atoms with Crippen LogP contribution in [0.2, 0.25) is 0 Å². The van der Waals surface area contributed by atoms with Crippen molar-refractivity contribution in [2.75, 3.05) is 25.0 Å². The number of rotatable bonds is 2. The fourth-order valence-corrected chi connectivity index (χ4v) is 2.76. The van der Waals surface area contributed by atoms with E-state index < -0.39 is 5.91 Å². The fraction of sp³-hybridized carbons (Fsp3) is 0.545. The maximum absolute atomic E-state index is 11.2. The first-order valence-corrected chi connectivity index (χ1v) is 5.92. The number of likely N-dealkylation sites (tertiary alicyclic amines) is 1. The van der Waals surface area contributed by atoms with Crippen molar-refractivity contribution >= 4 is 11.9 Å². The van der Waals surface area contributed by atoms with Crippen LogP contribution >= 0.6 is 0 Å². The van der Waals surface area contributed by atoms with Crippen molar-refractivity contribution in [2.45, 2.75) is 18.5 Å². The van der Waals surface area contributed by atoms with E-state index in [4.69, 9.17) is 5.21 Å². The lowest BCUT2D eigenvalue weighted by Gasteiger charge is -2.31. The Morgan fingerprint density at radius 2 is 2.11 bits per heavy atom. The second-order valence-electron chi connectivity index (χ2n) is 4.85. The molecule has 2 aliphatic heterocycles. The van der Waals surface area contributed by atoms with Crippen LogP contribution in [0.4, 0.5) is 5.95 Å². The predicted molar refractivity (Wildman–Crippen MR) is 63.5 cm³/mol. The Morgan fingerprint density at radius 1 is 1.39 bits per heavy atom. The highest BCUT2D eigenvalue weighted by molar-refractivity contribution is 5.92. The smallest absolute Gasteiger partial charge is 0.277 e. The molecule has 3 rings (SSSR count). The second kappa shape index (κ2) is 4.18. The Balaban J connectivity index is 1.76. The molecule has 0 unspecified atom stereocenters. The molecule has 7 nitrogen and oxygen atoms in total. The van der Waals surface area contributed by atoms with Crippen molar-refractivity contribution in [3.8, 4) is 0 Å². The summed E-state index contributed by atoms with van der Waals surface area (Å²) in [6.07, 6.45) is 4.02. The van der Waals surface area contributed by atoms with E-state index in [1.165, 1.54) is 12.4 Å². The molecular weight excluding hydrogens is 234 g/mol. The molecule has 1 aromatic rings. The lowest BCUT2D eigenvalue weighted by Crippen LogP contribution is -2.45. The fourth-order valence-electron chi connectivity index (χ4n) is 2.76. The number of likely N-dealkylation sites (N-methyl/N-ethyl adjacent to an activating group) is 1. The van der Waals surface area contributed by atoms with E-state index in [1.54, 1.807) is 5.48 Å². The van der Waals surface area contributed by atoms with Crippen molar-refractivity contribution in [1.29, 1.82) is 0 Å². The summed E-state index contributed by atoms with van der Waals surface area (Å²) in [5.74, 6) is 0.0642. The maximum atomic E-state index is 11.2. The summed E-state index contributed by atoms with van der Waals surface area (Å²) in [5, 5.41) is 8.51. The van der Waals surface area contributed by atoms with Crippen LogP contribution in [-0.2, 0) is 0 Å². The third kappa shape index (κ3) is 1.72. The lowest BCUT2D eigenvalue weighted by molar-refractivity contribution is 0.0705. The summed E-state index contributed by atoms with van der Waals surface area (Å²) < 4.78 is 0. The highest BCUT2D eigenvalue weighted by Gasteiger charge is 2.42. The van der Waals surface area contributed by atoms with Gasteiger partial charge in [0.2, 0.25) is 5.95 Å². The van der Waals surface area contributed by atoms with Crippen LogP contribution in [0.5, 0.6) is 0 Å². The van der Waals surface area contributed by atoms with Crippen molar-refractivity contribution in [3.05, 3.63) is 18.0 Å². The summed E-state index contributed by atoms with van der Waals surface area (Å²) in [7, 11) is 2.14. The van der Waals surface area contributed by atoms with Crippen molar-refractivity contribution in [3.63, 3.8) is 0 Å². The molecule has 2 N–H and O–H groups in total. The number of nitrogens with zero attached hydrogens (tertiary/aromatic N) is 4. The highest BCUT2D eigenvalue weighted by atomic mass is 16.5. The van der Waals surface area contributed by atoms with Crippen molar-refractivity contribution in [2.24, 2.45) is 0 Å². The van der Waals surface area contributed by atoms with Gasteiger partial charge in [0.25, 0.3) is 5.91 Å². The largest absolute Gasteiger partial charge is 0.335 e. The molecule has 0 aliphatic carbocycles. The molecule has 7 heteroatoms. The summed E-state index contributed by atoms with van der Waals surface area (Å²) in [4.78, 5) is 24.1. The molecule has 3 heterocycles. The average molecular weight is 249 g/mol. The lowest BCUT2D eigenvalue weighted by atomic mass is 10.2. The quantitative estimate of drug-likeness (QED) is 0.542.